The number of ether oxygens (including phenoxy) is 1. The zero-order valence-corrected chi connectivity index (χ0v) is 17.4. The van der Waals surface area contributed by atoms with Crippen molar-refractivity contribution in [1.29, 1.82) is 0 Å². The third-order valence-electron chi connectivity index (χ3n) is 4.90. The lowest BCUT2D eigenvalue weighted by Crippen LogP contribution is -2.46. The molecule has 0 aliphatic heterocycles. The number of pyridine rings is 1. The number of hydrogen-bond acceptors (Lipinski definition) is 5. The van der Waals surface area contributed by atoms with Gasteiger partial charge in [0.25, 0.3) is 0 Å². The predicted octanol–water partition coefficient (Wildman–Crippen LogP) is 4.97. The van der Waals surface area contributed by atoms with Crippen LogP contribution in [0.3, 0.4) is 0 Å². The molecule has 2 N–H and O–H groups in total. The first-order chi connectivity index (χ1) is 12.8. The summed E-state index contributed by atoms with van der Waals surface area (Å²) in [7, 11) is 0. The van der Waals surface area contributed by atoms with E-state index in [4.69, 9.17) is 10.5 Å². The zero-order valence-electron chi connectivity index (χ0n) is 16.6. The molecule has 1 aliphatic carbocycles. The van der Waals surface area contributed by atoms with Crippen LogP contribution in [0.1, 0.15) is 46.5 Å². The van der Waals surface area contributed by atoms with Gasteiger partial charge in [-0.3, -0.25) is 9.88 Å². The van der Waals surface area contributed by atoms with Gasteiger partial charge in [0, 0.05) is 40.1 Å². The van der Waals surface area contributed by atoms with Crippen LogP contribution in [-0.4, -0.2) is 35.0 Å². The normalized spacial score (nSPS) is 20.5. The van der Waals surface area contributed by atoms with E-state index in [0.29, 0.717) is 0 Å². The molecular formula is C21H29N3O2S. The Kier molecular flexibility index (Phi) is 5.96. The van der Waals surface area contributed by atoms with E-state index in [2.05, 4.69) is 4.98 Å². The molecule has 0 unspecified atom stereocenters. The predicted molar refractivity (Wildman–Crippen MR) is 112 cm³/mol. The van der Waals surface area contributed by atoms with Crippen molar-refractivity contribution < 1.29 is 9.53 Å². The number of amides is 1. The van der Waals surface area contributed by atoms with Crippen molar-refractivity contribution in [2.75, 3.05) is 11.2 Å². The number of carbonyl (C=O) groups excluding carboxylic acids is 1. The van der Waals surface area contributed by atoms with Crippen LogP contribution in [-0.2, 0) is 4.74 Å². The number of anilines is 1. The van der Waals surface area contributed by atoms with Crippen LogP contribution < -0.4 is 10.6 Å². The number of rotatable bonds is 3. The van der Waals surface area contributed by atoms with Gasteiger partial charge in [0.05, 0.1) is 5.69 Å². The summed E-state index contributed by atoms with van der Waals surface area (Å²) in [4.78, 5) is 20.5. The number of nitrogens with two attached hydrogens (primary N) is 1. The van der Waals surface area contributed by atoms with Crippen LogP contribution >= 0.6 is 11.8 Å². The van der Waals surface area contributed by atoms with Gasteiger partial charge in [0.2, 0.25) is 0 Å². The monoisotopic (exact) mass is 387 g/mol. The lowest BCUT2D eigenvalue weighted by molar-refractivity contribution is 0.0557. The van der Waals surface area contributed by atoms with E-state index in [1.165, 1.54) is 0 Å². The van der Waals surface area contributed by atoms with Crippen molar-refractivity contribution in [3.05, 3.63) is 30.6 Å². The summed E-state index contributed by atoms with van der Waals surface area (Å²) >= 11 is 1.64. The van der Waals surface area contributed by atoms with Gasteiger partial charge in [-0.2, -0.15) is 0 Å². The second kappa shape index (κ2) is 8.07. The van der Waals surface area contributed by atoms with Gasteiger partial charge in [-0.05, 0) is 58.8 Å². The number of fused-ring (bicyclic) bond motifs is 1. The number of thioether (sulfide) groups is 1. The fourth-order valence-corrected chi connectivity index (χ4v) is 4.25. The molecule has 1 aromatic heterocycles. The van der Waals surface area contributed by atoms with Crippen LogP contribution in [0.4, 0.5) is 10.5 Å². The Morgan fingerprint density at radius 3 is 2.56 bits per heavy atom. The quantitative estimate of drug-likeness (QED) is 0.753. The standard InChI is InChI=1S/C21H29N3O2S/c1-21(2,3)26-20(25)24(16-10-8-15(22)9-11-16)17-7-5-6-14-12-23-13-18(27-4)19(14)17/h5-7,12-13,15-16H,8-11,22H2,1-4H3. The van der Waals surface area contributed by atoms with Crippen LogP contribution in [0.5, 0.6) is 0 Å². The summed E-state index contributed by atoms with van der Waals surface area (Å²) in [6.07, 6.45) is 9.07. The first-order valence-corrected chi connectivity index (χ1v) is 10.7. The Bertz CT molecular complexity index is 805. The van der Waals surface area contributed by atoms with Crippen molar-refractivity contribution in [3.63, 3.8) is 0 Å². The lowest BCUT2D eigenvalue weighted by atomic mass is 9.90. The van der Waals surface area contributed by atoms with Gasteiger partial charge in [0.15, 0.2) is 0 Å². The number of benzene rings is 1. The minimum atomic E-state index is -0.547. The Balaban J connectivity index is 2.10. The average molecular weight is 388 g/mol. The first-order valence-electron chi connectivity index (χ1n) is 9.48. The van der Waals surface area contributed by atoms with Gasteiger partial charge in [0.1, 0.15) is 5.60 Å². The summed E-state index contributed by atoms with van der Waals surface area (Å²) in [5.41, 5.74) is 6.45. The van der Waals surface area contributed by atoms with Gasteiger partial charge in [-0.1, -0.05) is 12.1 Å². The smallest absolute Gasteiger partial charge is 0.415 e. The average Bonchev–Trinajstić information content (AvgIpc) is 2.61. The highest BCUT2D eigenvalue weighted by Gasteiger charge is 2.33. The molecule has 2 aromatic rings. The number of hydrogen-bond donors (Lipinski definition) is 1. The molecule has 0 spiro atoms. The minimum Gasteiger partial charge on any atom is -0.443 e. The van der Waals surface area contributed by atoms with Crippen LogP contribution in [0.25, 0.3) is 10.8 Å². The maximum Gasteiger partial charge on any atom is 0.415 e. The SMILES string of the molecule is CSc1cncc2cccc(N(C(=O)OC(C)(C)C)C3CCC(N)CC3)c12. The molecule has 0 saturated heterocycles. The fraction of sp³-hybridized carbons (Fsp3) is 0.524. The van der Waals surface area contributed by atoms with Crippen molar-refractivity contribution >= 4 is 34.3 Å². The summed E-state index contributed by atoms with van der Waals surface area (Å²) in [6, 6.07) is 6.35. The summed E-state index contributed by atoms with van der Waals surface area (Å²) in [5, 5.41) is 2.08. The highest BCUT2D eigenvalue weighted by molar-refractivity contribution is 7.98. The molecule has 27 heavy (non-hydrogen) atoms. The molecule has 3 rings (SSSR count). The summed E-state index contributed by atoms with van der Waals surface area (Å²) in [5.74, 6) is 0. The maximum atomic E-state index is 13.2. The number of aromatic nitrogens is 1. The van der Waals surface area contributed by atoms with E-state index in [0.717, 1.165) is 47.0 Å². The first kappa shape index (κ1) is 20.0. The largest absolute Gasteiger partial charge is 0.443 e. The highest BCUT2D eigenvalue weighted by atomic mass is 32.2. The highest BCUT2D eigenvalue weighted by Crippen LogP contribution is 2.37. The topological polar surface area (TPSA) is 68.5 Å². The molecule has 0 radical (unpaired) electrons. The molecular weight excluding hydrogens is 358 g/mol. The Hall–Kier alpha value is -1.79. The molecule has 1 amide bonds. The molecule has 0 bridgehead atoms. The number of nitrogens with zero attached hydrogens (tertiary/aromatic N) is 2. The molecule has 6 heteroatoms. The van der Waals surface area contributed by atoms with Gasteiger partial charge in [-0.15, -0.1) is 11.8 Å². The lowest BCUT2D eigenvalue weighted by Gasteiger charge is -2.37. The van der Waals surface area contributed by atoms with E-state index < -0.39 is 5.60 Å². The second-order valence-corrected chi connectivity index (χ2v) is 8.98. The van der Waals surface area contributed by atoms with Crippen molar-refractivity contribution in [2.45, 2.75) is 69.0 Å². The Morgan fingerprint density at radius 1 is 1.22 bits per heavy atom. The Morgan fingerprint density at radius 2 is 1.93 bits per heavy atom. The van der Waals surface area contributed by atoms with Gasteiger partial charge >= 0.3 is 6.09 Å². The van der Waals surface area contributed by atoms with E-state index in [1.54, 1.807) is 11.8 Å². The van der Waals surface area contributed by atoms with Crippen LogP contribution in [0.15, 0.2) is 35.5 Å². The molecule has 146 valence electrons. The molecule has 1 heterocycles. The minimum absolute atomic E-state index is 0.0909. The zero-order chi connectivity index (χ0) is 19.6. The third-order valence-corrected chi connectivity index (χ3v) is 5.65. The molecule has 1 aromatic carbocycles. The van der Waals surface area contributed by atoms with E-state index in [-0.39, 0.29) is 18.2 Å². The molecule has 1 aliphatic rings. The molecule has 1 saturated carbocycles. The van der Waals surface area contributed by atoms with E-state index >= 15 is 0 Å². The van der Waals surface area contributed by atoms with Gasteiger partial charge in [-0.25, -0.2) is 4.79 Å². The third kappa shape index (κ3) is 4.55. The molecule has 5 nitrogen and oxygen atoms in total. The fourth-order valence-electron chi connectivity index (χ4n) is 3.65. The summed E-state index contributed by atoms with van der Waals surface area (Å²) in [6.45, 7) is 5.71. The van der Waals surface area contributed by atoms with Crippen molar-refractivity contribution in [2.24, 2.45) is 5.73 Å². The van der Waals surface area contributed by atoms with Crippen LogP contribution in [0, 0.1) is 0 Å². The van der Waals surface area contributed by atoms with E-state index in [1.807, 2.05) is 62.5 Å². The number of carbonyl (C=O) groups is 1. The van der Waals surface area contributed by atoms with Crippen molar-refractivity contribution in [1.82, 2.24) is 4.98 Å². The van der Waals surface area contributed by atoms with Crippen molar-refractivity contribution in [3.8, 4) is 0 Å². The van der Waals surface area contributed by atoms with Crippen LogP contribution in [0.2, 0.25) is 0 Å². The molecule has 0 atom stereocenters. The summed E-state index contributed by atoms with van der Waals surface area (Å²) < 4.78 is 5.79. The van der Waals surface area contributed by atoms with Gasteiger partial charge < -0.3 is 10.5 Å². The van der Waals surface area contributed by atoms with E-state index in [9.17, 15) is 4.79 Å². The molecule has 1 fully saturated rings. The maximum absolute atomic E-state index is 13.2. The second-order valence-electron chi connectivity index (χ2n) is 8.14. The Labute approximate surface area is 165 Å².